The van der Waals surface area contributed by atoms with Crippen LogP contribution < -0.4 is 4.74 Å². The van der Waals surface area contributed by atoms with Crippen LogP contribution in [0, 0.1) is 6.92 Å². The van der Waals surface area contributed by atoms with E-state index in [1.165, 1.54) is 25.1 Å². The summed E-state index contributed by atoms with van der Waals surface area (Å²) in [4.78, 5) is 21.6. The zero-order chi connectivity index (χ0) is 13.9. The molecule has 0 aliphatic rings. The maximum atomic E-state index is 13.0. The summed E-state index contributed by atoms with van der Waals surface area (Å²) in [5.74, 6) is -3.85. The van der Waals surface area contributed by atoms with Crippen LogP contribution in [0.5, 0.6) is 5.75 Å². The topological polar surface area (TPSA) is 72.8 Å². The average Bonchev–Trinajstić information content (AvgIpc) is 2.30. The Morgan fingerprint density at radius 3 is 2.44 bits per heavy atom. The molecule has 0 fully saturated rings. The molecule has 0 saturated carbocycles. The second-order valence-corrected chi connectivity index (χ2v) is 3.37. The molecule has 1 N–H and O–H groups in total. The largest absolute Gasteiger partial charge is 0.501 e. The number of ether oxygens (including phenoxy) is 2. The summed E-state index contributed by atoms with van der Waals surface area (Å²) >= 11 is 0. The smallest absolute Gasteiger partial charge is 0.474 e. The Kier molecular flexibility index (Phi) is 3.85. The second-order valence-electron chi connectivity index (χ2n) is 3.37. The highest BCUT2D eigenvalue weighted by Gasteiger charge is 2.43. The lowest BCUT2D eigenvalue weighted by Crippen LogP contribution is -2.35. The van der Waals surface area contributed by atoms with Gasteiger partial charge in [-0.15, -0.1) is 0 Å². The van der Waals surface area contributed by atoms with E-state index in [0.717, 1.165) is 7.11 Å². The van der Waals surface area contributed by atoms with E-state index < -0.39 is 23.8 Å². The third kappa shape index (κ3) is 2.73. The van der Waals surface area contributed by atoms with Crippen molar-refractivity contribution in [1.29, 1.82) is 0 Å². The molecule has 0 saturated heterocycles. The first kappa shape index (κ1) is 13.9. The van der Waals surface area contributed by atoms with Crippen LogP contribution in [0.1, 0.15) is 15.9 Å². The van der Waals surface area contributed by atoms with E-state index in [1.807, 2.05) is 0 Å². The number of halogens is 2. The van der Waals surface area contributed by atoms with Crippen LogP contribution >= 0.6 is 0 Å². The highest BCUT2D eigenvalue weighted by atomic mass is 19.3. The first-order valence-corrected chi connectivity index (χ1v) is 4.77. The van der Waals surface area contributed by atoms with Gasteiger partial charge in [-0.2, -0.15) is 8.78 Å². The highest BCUT2D eigenvalue weighted by molar-refractivity contribution is 5.93. The maximum absolute atomic E-state index is 13.0. The van der Waals surface area contributed by atoms with Crippen LogP contribution in [0.25, 0.3) is 0 Å². The fourth-order valence-corrected chi connectivity index (χ4v) is 1.23. The van der Waals surface area contributed by atoms with Gasteiger partial charge in [0.15, 0.2) is 0 Å². The molecule has 0 radical (unpaired) electrons. The third-order valence-corrected chi connectivity index (χ3v) is 2.10. The molecular formula is C11H10F2O5. The van der Waals surface area contributed by atoms with Crippen LogP contribution in [0.15, 0.2) is 18.2 Å². The van der Waals surface area contributed by atoms with Crippen molar-refractivity contribution in [3.05, 3.63) is 29.3 Å². The number of carbonyl (C=O) groups is 2. The summed E-state index contributed by atoms with van der Waals surface area (Å²) in [5.41, 5.74) is -0.0720. The Hall–Kier alpha value is -2.18. The minimum absolute atomic E-state index is 0.193. The molecule has 7 heteroatoms. The zero-order valence-corrected chi connectivity index (χ0v) is 9.57. The van der Waals surface area contributed by atoms with Crippen molar-refractivity contribution in [2.24, 2.45) is 0 Å². The molecule has 0 aliphatic carbocycles. The Balaban J connectivity index is 3.23. The summed E-state index contributed by atoms with van der Waals surface area (Å²) in [6, 6.07) is 4.04. The van der Waals surface area contributed by atoms with Crippen molar-refractivity contribution in [3.63, 3.8) is 0 Å². The van der Waals surface area contributed by atoms with E-state index in [-0.39, 0.29) is 11.1 Å². The average molecular weight is 260 g/mol. The van der Waals surface area contributed by atoms with Gasteiger partial charge < -0.3 is 14.6 Å². The number of alkyl halides is 2. The number of para-hydroxylation sites is 1. The van der Waals surface area contributed by atoms with Gasteiger partial charge in [0.2, 0.25) is 0 Å². The fraction of sp³-hybridized carbons (Fsp3) is 0.273. The lowest BCUT2D eigenvalue weighted by atomic mass is 10.1. The molecule has 1 rings (SSSR count). The predicted octanol–water partition coefficient (Wildman–Crippen LogP) is 1.84. The quantitative estimate of drug-likeness (QED) is 0.836. The van der Waals surface area contributed by atoms with Crippen LogP contribution in [-0.4, -0.2) is 30.3 Å². The molecule has 1 aromatic rings. The van der Waals surface area contributed by atoms with E-state index in [1.54, 1.807) is 0 Å². The second kappa shape index (κ2) is 4.99. The Morgan fingerprint density at radius 1 is 1.33 bits per heavy atom. The number of aliphatic carboxylic acids is 1. The van der Waals surface area contributed by atoms with Gasteiger partial charge in [-0.25, -0.2) is 9.59 Å². The number of esters is 1. The van der Waals surface area contributed by atoms with Gasteiger partial charge in [0.25, 0.3) is 0 Å². The minimum Gasteiger partial charge on any atom is -0.474 e. The molecule has 98 valence electrons. The number of benzene rings is 1. The summed E-state index contributed by atoms with van der Waals surface area (Å²) in [6.45, 7) is 1.40. The van der Waals surface area contributed by atoms with Crippen LogP contribution in [0.4, 0.5) is 8.78 Å². The highest BCUT2D eigenvalue weighted by Crippen LogP contribution is 2.29. The maximum Gasteiger partial charge on any atom is 0.501 e. The number of carboxylic acid groups (broad SMARTS) is 1. The number of carboxylic acids is 1. The van der Waals surface area contributed by atoms with Gasteiger partial charge in [-0.1, -0.05) is 12.1 Å². The lowest BCUT2D eigenvalue weighted by Gasteiger charge is -2.17. The molecule has 0 atom stereocenters. The van der Waals surface area contributed by atoms with Crippen molar-refractivity contribution in [1.82, 2.24) is 0 Å². The van der Waals surface area contributed by atoms with Gasteiger partial charge in [0.05, 0.1) is 7.11 Å². The fourth-order valence-electron chi connectivity index (χ4n) is 1.23. The summed E-state index contributed by atoms with van der Waals surface area (Å²) in [5, 5.41) is 8.29. The Morgan fingerprint density at radius 2 is 1.94 bits per heavy atom. The van der Waals surface area contributed by atoms with Gasteiger partial charge in [-0.3, -0.25) is 0 Å². The summed E-state index contributed by atoms with van der Waals surface area (Å²) in [7, 11) is 1.07. The molecule has 0 bridgehead atoms. The number of aryl methyl sites for hydroxylation is 1. The number of hydrogen-bond donors (Lipinski definition) is 1. The first-order chi connectivity index (χ1) is 8.29. The van der Waals surface area contributed by atoms with Crippen molar-refractivity contribution >= 4 is 11.9 Å². The van der Waals surface area contributed by atoms with Crippen molar-refractivity contribution in [2.75, 3.05) is 7.11 Å². The molecule has 0 aromatic heterocycles. The molecule has 0 spiro atoms. The van der Waals surface area contributed by atoms with Crippen molar-refractivity contribution < 1.29 is 33.0 Å². The van der Waals surface area contributed by atoms with Gasteiger partial charge >= 0.3 is 18.0 Å². The first-order valence-electron chi connectivity index (χ1n) is 4.77. The molecule has 5 nitrogen and oxygen atoms in total. The normalized spacial score (nSPS) is 10.9. The van der Waals surface area contributed by atoms with E-state index in [2.05, 4.69) is 9.47 Å². The van der Waals surface area contributed by atoms with E-state index in [4.69, 9.17) is 5.11 Å². The molecule has 0 heterocycles. The van der Waals surface area contributed by atoms with Gasteiger partial charge in [-0.05, 0) is 18.6 Å². The molecular weight excluding hydrogens is 250 g/mol. The van der Waals surface area contributed by atoms with E-state index in [0.29, 0.717) is 0 Å². The van der Waals surface area contributed by atoms with E-state index in [9.17, 15) is 18.4 Å². The number of methoxy groups -OCH3 is 1. The Labute approximate surface area is 101 Å². The van der Waals surface area contributed by atoms with Gasteiger partial charge in [0.1, 0.15) is 11.3 Å². The molecule has 1 aromatic carbocycles. The molecule has 0 amide bonds. The number of carbonyl (C=O) groups excluding carboxylic acids is 1. The summed E-state index contributed by atoms with van der Waals surface area (Å²) < 4.78 is 34.5. The molecule has 18 heavy (non-hydrogen) atoms. The minimum atomic E-state index is -4.42. The third-order valence-electron chi connectivity index (χ3n) is 2.10. The monoisotopic (exact) mass is 260 g/mol. The van der Waals surface area contributed by atoms with Crippen molar-refractivity contribution in [3.8, 4) is 5.75 Å². The van der Waals surface area contributed by atoms with Crippen LogP contribution in [0.3, 0.4) is 0 Å². The van der Waals surface area contributed by atoms with Crippen LogP contribution in [0.2, 0.25) is 0 Å². The van der Waals surface area contributed by atoms with Crippen molar-refractivity contribution in [2.45, 2.75) is 13.0 Å². The molecule has 0 unspecified atom stereocenters. The number of hydrogen-bond acceptors (Lipinski definition) is 4. The standard InChI is InChI=1S/C11H10F2O5/c1-6-4-3-5-7(9(14)17-2)8(6)18-11(12,13)10(15)16/h3-5H,1-2H3,(H,15,16). The number of rotatable bonds is 4. The lowest BCUT2D eigenvalue weighted by molar-refractivity contribution is -0.211. The summed E-state index contributed by atoms with van der Waals surface area (Å²) in [6.07, 6.45) is -4.42. The van der Waals surface area contributed by atoms with Gasteiger partial charge in [0, 0.05) is 0 Å². The van der Waals surface area contributed by atoms with Crippen LogP contribution in [-0.2, 0) is 9.53 Å². The zero-order valence-electron chi connectivity index (χ0n) is 9.57. The molecule has 0 aliphatic heterocycles. The predicted molar refractivity (Wildman–Crippen MR) is 55.7 cm³/mol. The Bertz CT molecular complexity index is 484. The SMILES string of the molecule is COC(=O)c1cccc(C)c1OC(F)(F)C(=O)O. The van der Waals surface area contributed by atoms with E-state index >= 15 is 0 Å².